The lowest BCUT2D eigenvalue weighted by Crippen LogP contribution is -2.54. The fraction of sp³-hybridized carbons (Fsp3) is 0.674. The normalized spacial score (nSPS) is 11.8. The second-order valence-electron chi connectivity index (χ2n) is 15.6. The van der Waals surface area contributed by atoms with Gasteiger partial charge in [0.05, 0.1) is 6.42 Å². The van der Waals surface area contributed by atoms with Crippen LogP contribution in [0.1, 0.15) is 149 Å². The Morgan fingerprint density at radius 3 is 1.48 bits per heavy atom. The van der Waals surface area contributed by atoms with Crippen molar-refractivity contribution in [2.75, 3.05) is 36.9 Å². The molecule has 2 aromatic rings. The van der Waals surface area contributed by atoms with Crippen LogP contribution in [0.15, 0.2) is 58.8 Å². The molecule has 1 atom stereocenters. The topological polar surface area (TPSA) is 330 Å². The predicted octanol–water partition coefficient (Wildman–Crippen LogP) is 8.43. The lowest BCUT2D eigenvalue weighted by molar-refractivity contribution is -0.197. The van der Waals surface area contributed by atoms with E-state index in [2.05, 4.69) is 67.5 Å². The van der Waals surface area contributed by atoms with E-state index in [1.54, 1.807) is 34.0 Å². The van der Waals surface area contributed by atoms with Gasteiger partial charge < -0.3 is 38.4 Å². The SMILES string of the molecule is CCCCCCCN.CCCCCCCNC(=O)CCSSC(N)(N)N.CCCCCCCNC(=O)CCSSc1ccccn1.NC(N)N.O=C(CCSSc1ccccn1)ON1C(=O)CCC1=O.[2H][S+]=PP. The first-order valence-corrected chi connectivity index (χ1v) is 35.2. The number of hydrogen-bond donors (Lipinski definition) is 9. The number of carbonyl (C=O) groups excluding carboxylic acids is 5. The third kappa shape index (κ3) is 59.7. The van der Waals surface area contributed by atoms with Gasteiger partial charge in [-0.05, 0) is 91.4 Å². The summed E-state index contributed by atoms with van der Waals surface area (Å²) in [5.41, 5.74) is 35.5. The molecule has 2 aromatic heterocycles. The van der Waals surface area contributed by atoms with Crippen molar-refractivity contribution in [2.24, 2.45) is 40.1 Å². The fourth-order valence-electron chi connectivity index (χ4n) is 5.18. The van der Waals surface area contributed by atoms with Gasteiger partial charge in [0.2, 0.25) is 18.9 Å². The van der Waals surface area contributed by atoms with Crippen LogP contribution in [0.25, 0.3) is 0 Å². The number of pyridine rings is 2. The molecule has 4 amide bonds. The second-order valence-corrected chi connectivity index (χ2v) is 26.0. The largest absolute Gasteiger partial charge is 0.462 e. The number of thiol groups is 1. The zero-order chi connectivity index (χ0) is 55.9. The summed E-state index contributed by atoms with van der Waals surface area (Å²) in [6, 6.07) is 11.4. The quantitative estimate of drug-likeness (QED) is 0.00615. The van der Waals surface area contributed by atoms with E-state index in [-0.39, 0.29) is 31.1 Å². The van der Waals surface area contributed by atoms with Crippen LogP contribution in [0.2, 0.25) is 0 Å². The molecule has 1 fully saturated rings. The summed E-state index contributed by atoms with van der Waals surface area (Å²) >= 11 is 1.04. The highest BCUT2D eigenvalue weighted by atomic mass is 33.1. The minimum atomic E-state index is -1.22. The van der Waals surface area contributed by atoms with Crippen LogP contribution in [-0.2, 0) is 40.5 Å². The summed E-state index contributed by atoms with van der Waals surface area (Å²) in [5.74, 6) is 0.740. The second kappa shape index (κ2) is 56.8. The van der Waals surface area contributed by atoms with Crippen molar-refractivity contribution < 1.29 is 28.8 Å². The van der Waals surface area contributed by atoms with E-state index < -0.39 is 29.2 Å². The Balaban J connectivity index is -0.000000891. The molecule has 420 valence electrons. The number of nitrogens with zero attached hydrogens (tertiary/aromatic N) is 3. The van der Waals surface area contributed by atoms with Crippen molar-refractivity contribution in [1.82, 2.24) is 25.7 Å². The highest BCUT2D eigenvalue weighted by Gasteiger charge is 2.32. The molecular weight excluding hydrogens is 1100 g/mol. The Kier molecular flexibility index (Phi) is 57.4. The van der Waals surface area contributed by atoms with E-state index in [4.69, 9.17) is 28.9 Å². The van der Waals surface area contributed by atoms with Gasteiger partial charge >= 0.3 is 7.09 Å². The first-order chi connectivity index (χ1) is 35.5. The van der Waals surface area contributed by atoms with E-state index in [1.807, 2.05) is 36.4 Å². The molecule has 3 heterocycles. The Bertz CT molecular complexity index is 1650. The van der Waals surface area contributed by atoms with Crippen LogP contribution >= 0.6 is 80.7 Å². The average Bonchev–Trinajstić information content (AvgIpc) is 3.69. The number of amides is 4. The van der Waals surface area contributed by atoms with Gasteiger partial charge in [0.15, 0.2) is 16.8 Å². The molecule has 73 heavy (non-hydrogen) atoms. The van der Waals surface area contributed by atoms with Gasteiger partial charge in [-0.1, -0.05) is 142 Å². The van der Waals surface area contributed by atoms with Gasteiger partial charge in [-0.15, -0.1) is 5.06 Å². The third-order valence-electron chi connectivity index (χ3n) is 8.69. The van der Waals surface area contributed by atoms with Gasteiger partial charge in [0.1, 0.15) is 16.3 Å². The molecule has 0 aliphatic carbocycles. The first-order valence-electron chi connectivity index (χ1n) is 25.1. The summed E-state index contributed by atoms with van der Waals surface area (Å²) in [5, 5.41) is 7.08. The summed E-state index contributed by atoms with van der Waals surface area (Å²) in [6.45, 7) is 9.08. The molecule has 1 unspecified atom stereocenters. The van der Waals surface area contributed by atoms with Crippen LogP contribution in [0, 0.1) is 0 Å². The summed E-state index contributed by atoms with van der Waals surface area (Å²) in [7, 11) is 12.2. The van der Waals surface area contributed by atoms with E-state index in [0.717, 1.165) is 67.0 Å². The monoisotopic (exact) mass is 1190 g/mol. The molecule has 16 N–H and O–H groups in total. The third-order valence-corrected chi connectivity index (χ3v) is 15.7. The number of aromatic nitrogens is 2. The summed E-state index contributed by atoms with van der Waals surface area (Å²) in [4.78, 5) is 70.1. The fourth-order valence-corrected chi connectivity index (χ4v) is 10.6. The maximum absolute atomic E-state index is 11.6. The lowest BCUT2D eigenvalue weighted by atomic mass is 10.1. The molecule has 1 saturated heterocycles. The van der Waals surface area contributed by atoms with E-state index >= 15 is 0 Å². The molecule has 1 aliphatic heterocycles. The van der Waals surface area contributed by atoms with Crippen molar-refractivity contribution in [2.45, 2.75) is 171 Å². The highest BCUT2D eigenvalue weighted by molar-refractivity contribution is 8.77. The van der Waals surface area contributed by atoms with E-state index in [0.29, 0.717) is 29.4 Å². The van der Waals surface area contributed by atoms with Crippen molar-refractivity contribution in [1.29, 1.82) is 1.12 Å². The maximum Gasteiger partial charge on any atom is 0.462 e. The van der Waals surface area contributed by atoms with Gasteiger partial charge in [-0.3, -0.25) is 36.4 Å². The van der Waals surface area contributed by atoms with Crippen molar-refractivity contribution in [3.05, 3.63) is 48.8 Å². The number of unbranched alkanes of at least 4 members (excludes halogenated alkanes) is 12. The van der Waals surface area contributed by atoms with E-state index in [1.165, 1.54) is 127 Å². The smallest absolute Gasteiger partial charge is 0.356 e. The lowest BCUT2D eigenvalue weighted by Gasteiger charge is -2.15. The van der Waals surface area contributed by atoms with Crippen molar-refractivity contribution in [3.8, 4) is 0 Å². The molecule has 1 aliphatic rings. The van der Waals surface area contributed by atoms with Crippen LogP contribution < -0.4 is 50.8 Å². The zero-order valence-corrected chi connectivity index (χ0v) is 51.1. The molecule has 0 bridgehead atoms. The van der Waals surface area contributed by atoms with Gasteiger partial charge in [0, 0.05) is 68.4 Å². The molecule has 27 heteroatoms. The van der Waals surface area contributed by atoms with E-state index in [9.17, 15) is 24.0 Å². The number of hydroxylamine groups is 2. The minimum absolute atomic E-state index is 0.0789. The number of rotatable bonds is 33. The minimum Gasteiger partial charge on any atom is -0.356 e. The Morgan fingerprint density at radius 1 is 0.712 bits per heavy atom. The Labute approximate surface area is 470 Å². The molecule has 3 rings (SSSR count). The maximum atomic E-state index is 11.6. The zero-order valence-electron chi connectivity index (χ0n) is 44.3. The predicted molar refractivity (Wildman–Crippen MR) is 325 cm³/mol. The van der Waals surface area contributed by atoms with Gasteiger partial charge in [-0.2, -0.15) is 0 Å². The molecule has 0 aromatic carbocycles. The number of carbonyl (C=O) groups is 5. The van der Waals surface area contributed by atoms with Crippen LogP contribution in [0.4, 0.5) is 0 Å². The number of hydrogen-bond acceptors (Lipinski definition) is 21. The molecule has 18 nitrogen and oxygen atoms in total. The molecule has 0 spiro atoms. The average molecular weight is 1190 g/mol. The first kappa shape index (κ1) is 73.7. The molecule has 0 saturated carbocycles. The van der Waals surface area contributed by atoms with Crippen LogP contribution in [-0.4, -0.2) is 94.1 Å². The number of imide groups is 1. The summed E-state index contributed by atoms with van der Waals surface area (Å²) in [6.07, 6.45) is 23.0. The van der Waals surface area contributed by atoms with Crippen molar-refractivity contribution >= 4 is 122 Å². The molecule has 0 radical (unpaired) electrons. The van der Waals surface area contributed by atoms with Gasteiger partial charge in [0.25, 0.3) is 11.8 Å². The van der Waals surface area contributed by atoms with Crippen LogP contribution in [0.3, 0.4) is 0 Å². The standard InChI is InChI=1S/C15H24N2OS2.C12H12N2O4S2.C11H26N4OS2.C7H17N.CH7N3.H2P2S/c1-2-3-4-5-7-11-16-14(18)10-13-19-20-15-9-6-8-12-17-15;15-10-4-5-11(16)14(10)18-12(17)6-8-19-20-9-3-1-2-7-13-9;1-2-3-4-5-6-8-15-10(16)7-9-17-18-11(12,13)14;1-2-3-4-5-6-7-8;2-1(3)4;1-2-3/h6,8-9,12H,2-5,7,10-11,13H2,1H3,(H,16,18);1-3,7H,4-6,8H2;2-9,12-14H2,1H3,(H,15,16);2-8H2,1H3;1H,2-4H2;1H2/p+1/i/hD. The number of nitrogens with one attached hydrogen (secondary N) is 2. The Morgan fingerprint density at radius 2 is 1.11 bits per heavy atom. The van der Waals surface area contributed by atoms with Crippen LogP contribution in [0.5, 0.6) is 0 Å². The molecular formula is C46H89N12O6P2S7+. The van der Waals surface area contributed by atoms with Gasteiger partial charge in [-0.25, -0.2) is 14.8 Å². The highest BCUT2D eigenvalue weighted by Crippen LogP contribution is 2.30. The number of nitrogens with two attached hydrogens (primary N) is 7. The Hall–Kier alpha value is -1.38. The van der Waals surface area contributed by atoms with Crippen molar-refractivity contribution in [3.63, 3.8) is 0 Å². The summed E-state index contributed by atoms with van der Waals surface area (Å²) < 4.78 is 6.33.